The van der Waals surface area contributed by atoms with Crippen molar-refractivity contribution in [2.75, 3.05) is 17.2 Å². The molecule has 0 saturated heterocycles. The number of carbonyl (C=O) groups excluding carboxylic acids is 1. The van der Waals surface area contributed by atoms with Gasteiger partial charge in [-0.15, -0.1) is 0 Å². The fraction of sp³-hybridized carbons (Fsp3) is 0.562. The van der Waals surface area contributed by atoms with Crippen molar-refractivity contribution in [1.29, 1.82) is 0 Å². The van der Waals surface area contributed by atoms with Crippen molar-refractivity contribution in [2.24, 2.45) is 11.7 Å². The first-order chi connectivity index (χ1) is 10.2. The van der Waals surface area contributed by atoms with Crippen LogP contribution in [0.4, 0.5) is 11.4 Å². The fourth-order valence-corrected chi connectivity index (χ4v) is 3.19. The second-order valence-electron chi connectivity index (χ2n) is 5.99. The number of anilines is 2. The molecular formula is C16H23N3O2. The highest BCUT2D eigenvalue weighted by Crippen LogP contribution is 2.34. The highest BCUT2D eigenvalue weighted by atomic mass is 16.5. The third-order valence-corrected chi connectivity index (χ3v) is 4.47. The van der Waals surface area contributed by atoms with Crippen LogP contribution >= 0.6 is 0 Å². The molecule has 1 saturated carbocycles. The van der Waals surface area contributed by atoms with Crippen molar-refractivity contribution in [2.45, 2.75) is 44.8 Å². The SMILES string of the molecule is CC1Oc2ccc(NC3CCCCC3CN)cc2NC1=O. The molecule has 0 spiro atoms. The van der Waals surface area contributed by atoms with E-state index in [4.69, 9.17) is 10.5 Å². The molecule has 1 aromatic rings. The summed E-state index contributed by atoms with van der Waals surface area (Å²) in [5, 5.41) is 6.46. The van der Waals surface area contributed by atoms with Gasteiger partial charge in [0, 0.05) is 11.7 Å². The van der Waals surface area contributed by atoms with Crippen LogP contribution in [0.5, 0.6) is 5.75 Å². The van der Waals surface area contributed by atoms with Gasteiger partial charge in [-0.25, -0.2) is 0 Å². The number of nitrogens with one attached hydrogen (secondary N) is 2. The van der Waals surface area contributed by atoms with Crippen molar-refractivity contribution < 1.29 is 9.53 Å². The third kappa shape index (κ3) is 2.97. The van der Waals surface area contributed by atoms with Crippen molar-refractivity contribution >= 4 is 17.3 Å². The third-order valence-electron chi connectivity index (χ3n) is 4.47. The Labute approximate surface area is 125 Å². The summed E-state index contributed by atoms with van der Waals surface area (Å²) in [7, 11) is 0. The number of carbonyl (C=O) groups is 1. The monoisotopic (exact) mass is 289 g/mol. The van der Waals surface area contributed by atoms with Crippen LogP contribution in [0.15, 0.2) is 18.2 Å². The number of amides is 1. The van der Waals surface area contributed by atoms with Crippen LogP contribution in [0.1, 0.15) is 32.6 Å². The van der Waals surface area contributed by atoms with E-state index in [0.717, 1.165) is 30.1 Å². The van der Waals surface area contributed by atoms with Gasteiger partial charge in [0.2, 0.25) is 0 Å². The molecule has 1 fully saturated rings. The summed E-state index contributed by atoms with van der Waals surface area (Å²) in [6.07, 6.45) is 4.42. The maximum Gasteiger partial charge on any atom is 0.265 e. The van der Waals surface area contributed by atoms with E-state index < -0.39 is 6.10 Å². The molecule has 0 bridgehead atoms. The first-order valence-corrected chi connectivity index (χ1v) is 7.75. The second kappa shape index (κ2) is 5.93. The molecule has 3 unspecified atom stereocenters. The van der Waals surface area contributed by atoms with Crippen LogP contribution in [0.3, 0.4) is 0 Å². The molecular weight excluding hydrogens is 266 g/mol. The Morgan fingerprint density at radius 1 is 1.38 bits per heavy atom. The van der Waals surface area contributed by atoms with Gasteiger partial charge in [-0.3, -0.25) is 4.79 Å². The molecule has 0 aromatic heterocycles. The van der Waals surface area contributed by atoms with E-state index in [1.165, 1.54) is 19.3 Å². The molecule has 5 heteroatoms. The molecule has 5 nitrogen and oxygen atoms in total. The van der Waals surface area contributed by atoms with Crippen LogP contribution in [0.25, 0.3) is 0 Å². The maximum atomic E-state index is 11.7. The zero-order valence-corrected chi connectivity index (χ0v) is 12.4. The fourth-order valence-electron chi connectivity index (χ4n) is 3.19. The summed E-state index contributed by atoms with van der Waals surface area (Å²) in [6.45, 7) is 2.47. The molecule has 2 aliphatic rings. The minimum absolute atomic E-state index is 0.0999. The van der Waals surface area contributed by atoms with E-state index in [9.17, 15) is 4.79 Å². The van der Waals surface area contributed by atoms with Crippen LogP contribution in [0, 0.1) is 5.92 Å². The standard InChI is InChI=1S/C16H23N3O2/c1-10-16(20)19-14-8-12(6-7-15(14)21-10)18-13-5-3-2-4-11(13)9-17/h6-8,10-11,13,18H,2-5,9,17H2,1H3,(H,19,20). The molecule has 3 rings (SSSR count). The summed E-state index contributed by atoms with van der Waals surface area (Å²) >= 11 is 0. The Morgan fingerprint density at radius 3 is 3.00 bits per heavy atom. The highest BCUT2D eigenvalue weighted by molar-refractivity contribution is 5.98. The predicted octanol–water partition coefficient (Wildman–Crippen LogP) is 2.34. The number of rotatable bonds is 3. The Hall–Kier alpha value is -1.75. The average Bonchev–Trinajstić information content (AvgIpc) is 2.49. The molecule has 0 radical (unpaired) electrons. The largest absolute Gasteiger partial charge is 0.479 e. The van der Waals surface area contributed by atoms with Gasteiger partial charge in [0.15, 0.2) is 6.10 Å². The summed E-state index contributed by atoms with van der Waals surface area (Å²) in [5.41, 5.74) is 7.63. The Balaban J connectivity index is 1.75. The van der Waals surface area contributed by atoms with E-state index in [-0.39, 0.29) is 5.91 Å². The lowest BCUT2D eigenvalue weighted by Crippen LogP contribution is -2.37. The molecule has 1 amide bonds. The van der Waals surface area contributed by atoms with Crippen LogP contribution in [0.2, 0.25) is 0 Å². The lowest BCUT2D eigenvalue weighted by molar-refractivity contribution is -0.122. The molecule has 1 aliphatic carbocycles. The second-order valence-corrected chi connectivity index (χ2v) is 5.99. The average molecular weight is 289 g/mol. The summed E-state index contributed by atoms with van der Waals surface area (Å²) < 4.78 is 5.57. The van der Waals surface area contributed by atoms with Crippen molar-refractivity contribution in [1.82, 2.24) is 0 Å². The minimum atomic E-state index is -0.434. The van der Waals surface area contributed by atoms with Gasteiger partial charge in [0.1, 0.15) is 5.75 Å². The Morgan fingerprint density at radius 2 is 2.19 bits per heavy atom. The number of hydrogen-bond donors (Lipinski definition) is 3. The van der Waals surface area contributed by atoms with E-state index in [1.807, 2.05) is 18.2 Å². The van der Waals surface area contributed by atoms with Gasteiger partial charge in [-0.05, 0) is 50.4 Å². The number of fused-ring (bicyclic) bond motifs is 1. The molecule has 1 aliphatic heterocycles. The predicted molar refractivity (Wildman–Crippen MR) is 83.6 cm³/mol. The van der Waals surface area contributed by atoms with Gasteiger partial charge >= 0.3 is 0 Å². The van der Waals surface area contributed by atoms with Crippen LogP contribution in [-0.4, -0.2) is 24.6 Å². The van der Waals surface area contributed by atoms with E-state index in [0.29, 0.717) is 12.0 Å². The summed E-state index contributed by atoms with van der Waals surface area (Å²) in [5.74, 6) is 1.16. The van der Waals surface area contributed by atoms with Gasteiger partial charge < -0.3 is 21.1 Å². The summed E-state index contributed by atoms with van der Waals surface area (Å²) in [4.78, 5) is 11.7. The lowest BCUT2D eigenvalue weighted by Gasteiger charge is -2.32. The topological polar surface area (TPSA) is 76.4 Å². The van der Waals surface area contributed by atoms with Crippen molar-refractivity contribution in [3.63, 3.8) is 0 Å². The van der Waals surface area contributed by atoms with Gasteiger partial charge in [-0.2, -0.15) is 0 Å². The van der Waals surface area contributed by atoms with E-state index in [2.05, 4.69) is 10.6 Å². The smallest absolute Gasteiger partial charge is 0.265 e. The van der Waals surface area contributed by atoms with Crippen molar-refractivity contribution in [3.8, 4) is 5.75 Å². The number of nitrogens with two attached hydrogens (primary N) is 1. The zero-order valence-electron chi connectivity index (χ0n) is 12.4. The Bertz CT molecular complexity index is 532. The molecule has 1 aromatic carbocycles. The minimum Gasteiger partial charge on any atom is -0.479 e. The highest BCUT2D eigenvalue weighted by Gasteiger charge is 2.26. The van der Waals surface area contributed by atoms with E-state index >= 15 is 0 Å². The van der Waals surface area contributed by atoms with Gasteiger partial charge in [0.25, 0.3) is 5.91 Å². The molecule has 3 atom stereocenters. The van der Waals surface area contributed by atoms with Crippen LogP contribution in [-0.2, 0) is 4.79 Å². The lowest BCUT2D eigenvalue weighted by atomic mass is 9.84. The van der Waals surface area contributed by atoms with Crippen LogP contribution < -0.4 is 21.1 Å². The number of ether oxygens (including phenoxy) is 1. The molecule has 4 N–H and O–H groups in total. The van der Waals surface area contributed by atoms with E-state index in [1.54, 1.807) is 6.92 Å². The normalized spacial score (nSPS) is 28.3. The molecule has 114 valence electrons. The zero-order chi connectivity index (χ0) is 14.8. The first kappa shape index (κ1) is 14.2. The quantitative estimate of drug-likeness (QED) is 0.798. The molecule has 1 heterocycles. The number of hydrogen-bond acceptors (Lipinski definition) is 4. The summed E-state index contributed by atoms with van der Waals surface area (Å²) in [6, 6.07) is 6.28. The van der Waals surface area contributed by atoms with Gasteiger partial charge in [0.05, 0.1) is 5.69 Å². The van der Waals surface area contributed by atoms with Crippen molar-refractivity contribution in [3.05, 3.63) is 18.2 Å². The Kier molecular flexibility index (Phi) is 4.01. The first-order valence-electron chi connectivity index (χ1n) is 7.75. The maximum absolute atomic E-state index is 11.7. The van der Waals surface area contributed by atoms with Gasteiger partial charge in [-0.1, -0.05) is 12.8 Å². The molecule has 21 heavy (non-hydrogen) atoms. The number of benzene rings is 1.